The summed E-state index contributed by atoms with van der Waals surface area (Å²) in [5, 5.41) is 5.77. The minimum absolute atomic E-state index is 0.0192. The Labute approximate surface area is 140 Å². The van der Waals surface area contributed by atoms with Crippen molar-refractivity contribution in [2.45, 2.75) is 57.4 Å². The molecule has 1 saturated carbocycles. The smallest absolute Gasteiger partial charge is 0.248 e. The molecule has 24 heavy (non-hydrogen) atoms. The Kier molecular flexibility index (Phi) is 4.56. The number of hydrogen-bond acceptors (Lipinski definition) is 2. The minimum atomic E-state index is -2.62. The van der Waals surface area contributed by atoms with E-state index in [0.717, 1.165) is 16.8 Å². The van der Waals surface area contributed by atoms with Gasteiger partial charge in [0.1, 0.15) is 0 Å². The first-order chi connectivity index (χ1) is 11.3. The number of hydrogen-bond donors (Lipinski definition) is 2. The molecule has 4 nitrogen and oxygen atoms in total. The molecule has 0 bridgehead atoms. The van der Waals surface area contributed by atoms with Gasteiger partial charge < -0.3 is 10.6 Å². The predicted octanol–water partition coefficient (Wildman–Crippen LogP) is 3.57. The fourth-order valence-corrected chi connectivity index (χ4v) is 3.39. The Morgan fingerprint density at radius 3 is 2.71 bits per heavy atom. The normalized spacial score (nSPS) is 21.5. The van der Waals surface area contributed by atoms with E-state index in [0.29, 0.717) is 12.8 Å². The Balaban J connectivity index is 1.62. The zero-order valence-corrected chi connectivity index (χ0v) is 13.7. The summed E-state index contributed by atoms with van der Waals surface area (Å²) in [5.41, 5.74) is 2.84. The van der Waals surface area contributed by atoms with E-state index in [1.807, 2.05) is 25.1 Å². The molecule has 130 valence electrons. The third-order valence-corrected chi connectivity index (χ3v) is 4.97. The van der Waals surface area contributed by atoms with Gasteiger partial charge in [0.2, 0.25) is 17.7 Å². The second kappa shape index (κ2) is 6.49. The van der Waals surface area contributed by atoms with Crippen LogP contribution in [-0.4, -0.2) is 17.7 Å². The highest BCUT2D eigenvalue weighted by Crippen LogP contribution is 2.36. The van der Waals surface area contributed by atoms with Crippen LogP contribution in [-0.2, 0) is 16.0 Å². The van der Waals surface area contributed by atoms with Crippen molar-refractivity contribution >= 4 is 17.5 Å². The summed E-state index contributed by atoms with van der Waals surface area (Å²) in [6.07, 6.45) is 1.21. The van der Waals surface area contributed by atoms with Crippen molar-refractivity contribution < 1.29 is 18.4 Å². The van der Waals surface area contributed by atoms with Crippen molar-refractivity contribution in [3.05, 3.63) is 29.3 Å². The van der Waals surface area contributed by atoms with Gasteiger partial charge in [0, 0.05) is 30.9 Å². The van der Waals surface area contributed by atoms with Crippen LogP contribution in [0.1, 0.15) is 56.2 Å². The van der Waals surface area contributed by atoms with Crippen molar-refractivity contribution in [3.8, 4) is 0 Å². The number of aryl methyl sites for hydroxylation is 1. The molecule has 1 fully saturated rings. The molecule has 2 N–H and O–H groups in total. The summed E-state index contributed by atoms with van der Waals surface area (Å²) in [6, 6.07) is 5.54. The lowest BCUT2D eigenvalue weighted by Gasteiger charge is -2.28. The maximum Gasteiger partial charge on any atom is 0.248 e. The molecule has 0 spiro atoms. The van der Waals surface area contributed by atoms with Gasteiger partial charge in [-0.15, -0.1) is 0 Å². The summed E-state index contributed by atoms with van der Waals surface area (Å²) in [5.74, 6) is -3.08. The van der Waals surface area contributed by atoms with Gasteiger partial charge in [0.15, 0.2) is 0 Å². The Morgan fingerprint density at radius 2 is 2.00 bits per heavy atom. The summed E-state index contributed by atoms with van der Waals surface area (Å²) in [7, 11) is 0. The van der Waals surface area contributed by atoms with Gasteiger partial charge in [-0.05, 0) is 43.4 Å². The van der Waals surface area contributed by atoms with E-state index in [-0.39, 0.29) is 49.5 Å². The number of amides is 2. The average molecular weight is 336 g/mol. The number of halogens is 2. The van der Waals surface area contributed by atoms with E-state index >= 15 is 0 Å². The number of fused-ring (bicyclic) bond motifs is 1. The summed E-state index contributed by atoms with van der Waals surface area (Å²) >= 11 is 0. The second-order valence-corrected chi connectivity index (χ2v) is 6.83. The van der Waals surface area contributed by atoms with Gasteiger partial charge >= 0.3 is 0 Å². The molecule has 1 aliphatic carbocycles. The summed E-state index contributed by atoms with van der Waals surface area (Å²) < 4.78 is 26.4. The topological polar surface area (TPSA) is 58.2 Å². The molecule has 1 heterocycles. The van der Waals surface area contributed by atoms with E-state index < -0.39 is 5.92 Å². The van der Waals surface area contributed by atoms with Gasteiger partial charge in [-0.1, -0.05) is 12.1 Å². The fraction of sp³-hybridized carbons (Fsp3) is 0.556. The van der Waals surface area contributed by atoms with Crippen LogP contribution in [0.3, 0.4) is 0 Å². The van der Waals surface area contributed by atoms with Crippen LogP contribution in [0.5, 0.6) is 0 Å². The number of anilines is 1. The molecular weight excluding hydrogens is 314 g/mol. The molecule has 2 amide bonds. The quantitative estimate of drug-likeness (QED) is 0.886. The number of carbonyl (C=O) groups is 2. The lowest BCUT2D eigenvalue weighted by Crippen LogP contribution is -2.37. The highest BCUT2D eigenvalue weighted by atomic mass is 19.3. The zero-order valence-electron chi connectivity index (χ0n) is 13.7. The van der Waals surface area contributed by atoms with Gasteiger partial charge in [0.25, 0.3) is 0 Å². The average Bonchev–Trinajstić information content (AvgIpc) is 2.54. The predicted molar refractivity (Wildman–Crippen MR) is 86.9 cm³/mol. The molecule has 1 unspecified atom stereocenters. The van der Waals surface area contributed by atoms with E-state index in [9.17, 15) is 18.4 Å². The first-order valence-corrected chi connectivity index (χ1v) is 8.45. The highest BCUT2D eigenvalue weighted by Gasteiger charge is 2.37. The van der Waals surface area contributed by atoms with Crippen LogP contribution in [0, 0.1) is 5.92 Å². The van der Waals surface area contributed by atoms with Crippen LogP contribution in [0.4, 0.5) is 14.5 Å². The molecule has 0 radical (unpaired) electrons. The third-order valence-electron chi connectivity index (χ3n) is 4.97. The molecule has 1 aromatic rings. The maximum absolute atomic E-state index is 13.2. The second-order valence-electron chi connectivity index (χ2n) is 6.83. The van der Waals surface area contributed by atoms with Crippen molar-refractivity contribution in [3.63, 3.8) is 0 Å². The first kappa shape index (κ1) is 16.9. The first-order valence-electron chi connectivity index (χ1n) is 8.45. The molecule has 1 aromatic carbocycles. The Hall–Kier alpha value is -1.98. The Bertz CT molecular complexity index is 650. The number of benzene rings is 1. The van der Waals surface area contributed by atoms with Crippen molar-refractivity contribution in [2.24, 2.45) is 5.92 Å². The Morgan fingerprint density at radius 1 is 1.29 bits per heavy atom. The lowest BCUT2D eigenvalue weighted by atomic mass is 9.86. The van der Waals surface area contributed by atoms with Gasteiger partial charge in [0.05, 0.1) is 6.04 Å². The largest absolute Gasteiger partial charge is 0.349 e. The minimum Gasteiger partial charge on any atom is -0.349 e. The van der Waals surface area contributed by atoms with Gasteiger partial charge in [-0.2, -0.15) is 0 Å². The van der Waals surface area contributed by atoms with E-state index in [1.165, 1.54) is 0 Å². The van der Waals surface area contributed by atoms with Crippen LogP contribution < -0.4 is 10.6 Å². The van der Waals surface area contributed by atoms with Crippen LogP contribution >= 0.6 is 0 Å². The van der Waals surface area contributed by atoms with Crippen LogP contribution in [0.2, 0.25) is 0 Å². The van der Waals surface area contributed by atoms with E-state index in [1.54, 1.807) is 0 Å². The molecule has 0 saturated heterocycles. The molecule has 6 heteroatoms. The lowest BCUT2D eigenvalue weighted by molar-refractivity contribution is -0.129. The molecule has 1 atom stereocenters. The molecule has 3 rings (SSSR count). The maximum atomic E-state index is 13.2. The van der Waals surface area contributed by atoms with Crippen LogP contribution in [0.15, 0.2) is 18.2 Å². The number of carbonyl (C=O) groups excluding carboxylic acids is 2. The SMILES string of the molecule is CC(NC(=O)C1CCC(F)(F)CC1)c1ccc2c(c1)CCC(=O)N2. The van der Waals surface area contributed by atoms with Gasteiger partial charge in [-0.25, -0.2) is 8.78 Å². The number of nitrogens with one attached hydrogen (secondary N) is 2. The van der Waals surface area contributed by atoms with Crippen molar-refractivity contribution in [1.29, 1.82) is 0 Å². The van der Waals surface area contributed by atoms with Crippen molar-refractivity contribution in [1.82, 2.24) is 5.32 Å². The zero-order chi connectivity index (χ0) is 17.3. The van der Waals surface area contributed by atoms with Crippen LogP contribution in [0.25, 0.3) is 0 Å². The molecule has 0 aromatic heterocycles. The number of alkyl halides is 2. The van der Waals surface area contributed by atoms with Gasteiger partial charge in [-0.3, -0.25) is 9.59 Å². The molecule has 1 aliphatic heterocycles. The standard InChI is InChI=1S/C18H22F2N2O2/c1-11(21-17(24)12-6-8-18(19,20)9-7-12)13-2-4-15-14(10-13)3-5-16(23)22-15/h2,4,10-12H,3,5-9H2,1H3,(H,21,24)(H,22,23). The summed E-state index contributed by atoms with van der Waals surface area (Å²) in [4.78, 5) is 23.7. The molecule has 2 aliphatic rings. The van der Waals surface area contributed by atoms with E-state index in [4.69, 9.17) is 0 Å². The number of rotatable bonds is 3. The molecular formula is C18H22F2N2O2. The van der Waals surface area contributed by atoms with E-state index in [2.05, 4.69) is 10.6 Å². The third kappa shape index (κ3) is 3.74. The highest BCUT2D eigenvalue weighted by molar-refractivity contribution is 5.93. The van der Waals surface area contributed by atoms with Crippen molar-refractivity contribution in [2.75, 3.05) is 5.32 Å². The fourth-order valence-electron chi connectivity index (χ4n) is 3.39. The monoisotopic (exact) mass is 336 g/mol. The summed E-state index contributed by atoms with van der Waals surface area (Å²) in [6.45, 7) is 1.89.